The molecule has 1 heterocycles. The van der Waals surface area contributed by atoms with E-state index < -0.39 is 0 Å². The molecule has 1 N–H and O–H groups in total. The lowest BCUT2D eigenvalue weighted by Crippen LogP contribution is -2.45. The molecule has 2 unspecified atom stereocenters. The molecule has 124 valence electrons. The molecule has 1 aliphatic carbocycles. The number of hydrogen-bond acceptors (Lipinski definition) is 2. The highest BCUT2D eigenvalue weighted by Crippen LogP contribution is 2.35. The number of nitrogens with one attached hydrogen (secondary N) is 1. The van der Waals surface area contributed by atoms with E-state index in [1.54, 1.807) is 0 Å². The van der Waals surface area contributed by atoms with Crippen molar-refractivity contribution in [3.05, 3.63) is 0 Å². The number of hydrogen-bond donors (Lipinski definition) is 1. The van der Waals surface area contributed by atoms with Crippen molar-refractivity contribution in [1.82, 2.24) is 10.2 Å². The van der Waals surface area contributed by atoms with Crippen LogP contribution in [0.1, 0.15) is 72.6 Å². The van der Waals surface area contributed by atoms with Crippen LogP contribution in [0.15, 0.2) is 0 Å². The largest absolute Gasteiger partial charge is 0.314 e. The van der Waals surface area contributed by atoms with Crippen molar-refractivity contribution in [3.63, 3.8) is 0 Å². The molecule has 2 nitrogen and oxygen atoms in total. The van der Waals surface area contributed by atoms with Gasteiger partial charge in [0.05, 0.1) is 0 Å². The minimum absolute atomic E-state index is 0.501. The molecule has 2 atom stereocenters. The summed E-state index contributed by atoms with van der Waals surface area (Å²) in [6, 6.07) is 0.776. The standard InChI is InChI=1S/C19H38N2/c1-5-20-18-10-8-6-7-9-16(18)15-21-13-11-17(12-14-21)19(2,3)4/h16-18,20H,5-15H2,1-4H3. The molecule has 0 spiro atoms. The molecule has 2 rings (SSSR count). The fourth-order valence-electron chi connectivity index (χ4n) is 4.45. The average molecular weight is 295 g/mol. The molecule has 2 fully saturated rings. The number of piperidine rings is 1. The summed E-state index contributed by atoms with van der Waals surface area (Å²) >= 11 is 0. The zero-order valence-electron chi connectivity index (χ0n) is 15.0. The van der Waals surface area contributed by atoms with Gasteiger partial charge >= 0.3 is 0 Å². The maximum atomic E-state index is 3.77. The fourth-order valence-corrected chi connectivity index (χ4v) is 4.45. The lowest BCUT2D eigenvalue weighted by atomic mass is 9.75. The molecule has 2 heteroatoms. The van der Waals surface area contributed by atoms with Crippen molar-refractivity contribution in [2.24, 2.45) is 17.3 Å². The molecule has 0 aromatic rings. The van der Waals surface area contributed by atoms with E-state index in [0.29, 0.717) is 5.41 Å². The van der Waals surface area contributed by atoms with Gasteiger partial charge < -0.3 is 10.2 Å². The predicted molar refractivity (Wildman–Crippen MR) is 92.7 cm³/mol. The summed E-state index contributed by atoms with van der Waals surface area (Å²) in [7, 11) is 0. The van der Waals surface area contributed by atoms with E-state index in [0.717, 1.165) is 24.4 Å². The van der Waals surface area contributed by atoms with E-state index in [-0.39, 0.29) is 0 Å². The molecule has 0 amide bonds. The second-order valence-corrected chi connectivity index (χ2v) is 8.50. The van der Waals surface area contributed by atoms with Crippen LogP contribution in [0.25, 0.3) is 0 Å². The Morgan fingerprint density at radius 1 is 0.952 bits per heavy atom. The van der Waals surface area contributed by atoms with Gasteiger partial charge in [0.15, 0.2) is 0 Å². The highest BCUT2D eigenvalue weighted by atomic mass is 15.1. The van der Waals surface area contributed by atoms with Gasteiger partial charge in [-0.1, -0.05) is 47.0 Å². The van der Waals surface area contributed by atoms with E-state index >= 15 is 0 Å². The third kappa shape index (κ3) is 5.25. The summed E-state index contributed by atoms with van der Waals surface area (Å²) in [4.78, 5) is 2.77. The third-order valence-electron chi connectivity index (χ3n) is 5.93. The van der Waals surface area contributed by atoms with Crippen LogP contribution in [0, 0.1) is 17.3 Å². The van der Waals surface area contributed by atoms with E-state index in [4.69, 9.17) is 0 Å². The number of likely N-dealkylation sites (tertiary alicyclic amines) is 1. The van der Waals surface area contributed by atoms with Gasteiger partial charge in [0, 0.05) is 12.6 Å². The van der Waals surface area contributed by atoms with Crippen LogP contribution in [0.3, 0.4) is 0 Å². The summed E-state index contributed by atoms with van der Waals surface area (Å²) in [6.07, 6.45) is 9.98. The Hall–Kier alpha value is -0.0800. The van der Waals surface area contributed by atoms with Gasteiger partial charge in [0.2, 0.25) is 0 Å². The zero-order valence-corrected chi connectivity index (χ0v) is 15.0. The van der Waals surface area contributed by atoms with Crippen LogP contribution < -0.4 is 5.32 Å². The van der Waals surface area contributed by atoms with Gasteiger partial charge in [-0.2, -0.15) is 0 Å². The van der Waals surface area contributed by atoms with Crippen molar-refractivity contribution in [2.45, 2.75) is 78.7 Å². The van der Waals surface area contributed by atoms with Crippen LogP contribution in [-0.2, 0) is 0 Å². The van der Waals surface area contributed by atoms with Crippen molar-refractivity contribution in [3.8, 4) is 0 Å². The highest BCUT2D eigenvalue weighted by Gasteiger charge is 2.31. The molecule has 2 aliphatic rings. The van der Waals surface area contributed by atoms with Crippen molar-refractivity contribution in [1.29, 1.82) is 0 Å². The van der Waals surface area contributed by atoms with Gasteiger partial charge in [0.25, 0.3) is 0 Å². The molecule has 0 aromatic heterocycles. The van der Waals surface area contributed by atoms with Crippen LogP contribution in [0.2, 0.25) is 0 Å². The van der Waals surface area contributed by atoms with Gasteiger partial charge in [-0.3, -0.25) is 0 Å². The Morgan fingerprint density at radius 3 is 2.24 bits per heavy atom. The molecule has 1 saturated heterocycles. The van der Waals surface area contributed by atoms with Crippen molar-refractivity contribution < 1.29 is 0 Å². The number of nitrogens with zero attached hydrogens (tertiary/aromatic N) is 1. The molecule has 0 aromatic carbocycles. The van der Waals surface area contributed by atoms with Gasteiger partial charge in [0.1, 0.15) is 0 Å². The topological polar surface area (TPSA) is 15.3 Å². The van der Waals surface area contributed by atoms with Crippen LogP contribution in [0.4, 0.5) is 0 Å². The Morgan fingerprint density at radius 2 is 1.62 bits per heavy atom. The second kappa shape index (κ2) is 7.97. The molecular weight excluding hydrogens is 256 g/mol. The summed E-state index contributed by atoms with van der Waals surface area (Å²) in [5.41, 5.74) is 0.501. The first-order valence-electron chi connectivity index (χ1n) is 9.46. The smallest absolute Gasteiger partial charge is 0.0107 e. The maximum absolute atomic E-state index is 3.77. The molecule has 0 bridgehead atoms. The summed E-state index contributed by atoms with van der Waals surface area (Å²) in [5.74, 6) is 1.81. The molecule has 1 saturated carbocycles. The second-order valence-electron chi connectivity index (χ2n) is 8.50. The van der Waals surface area contributed by atoms with Crippen molar-refractivity contribution >= 4 is 0 Å². The third-order valence-corrected chi connectivity index (χ3v) is 5.93. The summed E-state index contributed by atoms with van der Waals surface area (Å²) in [6.45, 7) is 14.6. The zero-order chi connectivity index (χ0) is 15.3. The van der Waals surface area contributed by atoms with Gasteiger partial charge in [-0.15, -0.1) is 0 Å². The van der Waals surface area contributed by atoms with Crippen molar-refractivity contribution in [2.75, 3.05) is 26.2 Å². The van der Waals surface area contributed by atoms with Crippen LogP contribution >= 0.6 is 0 Å². The van der Waals surface area contributed by atoms with E-state index in [1.165, 1.54) is 64.6 Å². The molecule has 0 radical (unpaired) electrons. The molecular formula is C19H38N2. The monoisotopic (exact) mass is 294 g/mol. The average Bonchev–Trinajstić information content (AvgIpc) is 2.65. The fraction of sp³-hybridized carbons (Fsp3) is 1.00. The van der Waals surface area contributed by atoms with E-state index in [9.17, 15) is 0 Å². The Bertz CT molecular complexity index is 286. The Balaban J connectivity index is 1.83. The predicted octanol–water partition coefficient (Wildman–Crippen LogP) is 4.30. The highest BCUT2D eigenvalue weighted by molar-refractivity contribution is 4.85. The van der Waals surface area contributed by atoms with Crippen LogP contribution in [-0.4, -0.2) is 37.1 Å². The normalized spacial score (nSPS) is 30.3. The van der Waals surface area contributed by atoms with E-state index in [2.05, 4.69) is 37.9 Å². The summed E-state index contributed by atoms with van der Waals surface area (Å²) in [5, 5.41) is 3.77. The minimum atomic E-state index is 0.501. The number of rotatable bonds is 4. The first-order valence-corrected chi connectivity index (χ1v) is 9.46. The van der Waals surface area contributed by atoms with Gasteiger partial charge in [-0.05, 0) is 62.6 Å². The molecule has 1 aliphatic heterocycles. The molecule has 21 heavy (non-hydrogen) atoms. The lowest BCUT2D eigenvalue weighted by Gasteiger charge is -2.40. The quantitative estimate of drug-likeness (QED) is 0.778. The summed E-state index contributed by atoms with van der Waals surface area (Å²) < 4.78 is 0. The Kier molecular flexibility index (Phi) is 6.55. The van der Waals surface area contributed by atoms with Gasteiger partial charge in [-0.25, -0.2) is 0 Å². The Labute approximate surface area is 133 Å². The minimum Gasteiger partial charge on any atom is -0.314 e. The van der Waals surface area contributed by atoms with E-state index in [1.807, 2.05) is 0 Å². The lowest BCUT2D eigenvalue weighted by molar-refractivity contribution is 0.0933. The van der Waals surface area contributed by atoms with Crippen LogP contribution in [0.5, 0.6) is 0 Å². The first-order chi connectivity index (χ1) is 10.0. The maximum Gasteiger partial charge on any atom is 0.0107 e. The first kappa shape index (κ1) is 17.3. The SMILES string of the molecule is CCNC1CCCCCC1CN1CCC(C(C)(C)C)CC1.